The van der Waals surface area contributed by atoms with Crippen molar-refractivity contribution in [2.75, 3.05) is 26.2 Å². The van der Waals surface area contributed by atoms with Crippen molar-refractivity contribution in [2.24, 2.45) is 5.92 Å². The second-order valence-corrected chi connectivity index (χ2v) is 9.10. The molecule has 1 atom stereocenters. The lowest BCUT2D eigenvalue weighted by Gasteiger charge is -2.27. The van der Waals surface area contributed by atoms with Crippen molar-refractivity contribution in [3.8, 4) is 0 Å². The first kappa shape index (κ1) is 20.2. The number of para-hydroxylation sites is 1. The molecule has 31 heavy (non-hydrogen) atoms. The van der Waals surface area contributed by atoms with Crippen molar-refractivity contribution in [1.82, 2.24) is 14.8 Å². The van der Waals surface area contributed by atoms with E-state index in [2.05, 4.69) is 51.2 Å². The van der Waals surface area contributed by atoms with E-state index < -0.39 is 0 Å². The monoisotopic (exact) mass is 413 g/mol. The zero-order chi connectivity index (χ0) is 21.0. The van der Waals surface area contributed by atoms with Gasteiger partial charge in [-0.1, -0.05) is 48.9 Å². The van der Waals surface area contributed by atoms with E-state index in [4.69, 9.17) is 0 Å². The van der Waals surface area contributed by atoms with E-state index in [9.17, 15) is 4.79 Å². The van der Waals surface area contributed by atoms with Crippen LogP contribution in [-0.2, 0) is 13.0 Å². The topological polar surface area (TPSA) is 36.4 Å². The molecule has 2 aromatic carbocycles. The number of nitrogens with zero attached hydrogens (tertiary/aromatic N) is 3. The van der Waals surface area contributed by atoms with Gasteiger partial charge in [0.25, 0.3) is 5.91 Å². The smallest absolute Gasteiger partial charge is 0.254 e. The van der Waals surface area contributed by atoms with Crippen LogP contribution in [0.15, 0.2) is 60.8 Å². The molecule has 2 aliphatic rings. The van der Waals surface area contributed by atoms with Gasteiger partial charge in [-0.15, -0.1) is 0 Å². The Kier molecular flexibility index (Phi) is 5.99. The highest BCUT2D eigenvalue weighted by atomic mass is 16.2. The summed E-state index contributed by atoms with van der Waals surface area (Å²) in [7, 11) is 0. The Bertz CT molecular complexity index is 1050. The molecule has 0 N–H and O–H groups in total. The van der Waals surface area contributed by atoms with Gasteiger partial charge in [0.05, 0.1) is 5.52 Å². The second kappa shape index (κ2) is 9.19. The number of hydrogen-bond donors (Lipinski definition) is 0. The first-order valence-electron chi connectivity index (χ1n) is 11.7. The summed E-state index contributed by atoms with van der Waals surface area (Å²) in [5.74, 6) is 0.692. The van der Waals surface area contributed by atoms with E-state index in [1.165, 1.54) is 35.8 Å². The summed E-state index contributed by atoms with van der Waals surface area (Å²) in [4.78, 5) is 22.6. The van der Waals surface area contributed by atoms with Gasteiger partial charge in [-0.3, -0.25) is 14.7 Å². The van der Waals surface area contributed by atoms with Crippen molar-refractivity contribution in [3.05, 3.63) is 77.5 Å². The zero-order valence-corrected chi connectivity index (χ0v) is 18.2. The number of hydrogen-bond acceptors (Lipinski definition) is 3. The summed E-state index contributed by atoms with van der Waals surface area (Å²) in [6.07, 6.45) is 7.78. The minimum absolute atomic E-state index is 0.200. The van der Waals surface area contributed by atoms with Crippen LogP contribution in [0, 0.1) is 5.92 Å². The third kappa shape index (κ3) is 4.49. The van der Waals surface area contributed by atoms with Crippen LogP contribution in [-0.4, -0.2) is 46.9 Å². The average Bonchev–Trinajstić information content (AvgIpc) is 3.28. The average molecular weight is 414 g/mol. The lowest BCUT2D eigenvalue weighted by Crippen LogP contribution is -2.32. The number of rotatable bonds is 5. The van der Waals surface area contributed by atoms with Gasteiger partial charge in [0.1, 0.15) is 0 Å². The number of carbonyl (C=O) groups excluding carboxylic acids is 1. The number of fused-ring (bicyclic) bond motifs is 1. The molecule has 2 aliphatic heterocycles. The molecular formula is C27H31N3O. The largest absolute Gasteiger partial charge is 0.338 e. The molecule has 3 heterocycles. The molecule has 1 aromatic heterocycles. The molecule has 0 spiro atoms. The van der Waals surface area contributed by atoms with Gasteiger partial charge < -0.3 is 4.90 Å². The van der Waals surface area contributed by atoms with E-state index in [0.717, 1.165) is 56.6 Å². The summed E-state index contributed by atoms with van der Waals surface area (Å²) in [5, 5.41) is 1.19. The van der Waals surface area contributed by atoms with Crippen molar-refractivity contribution in [2.45, 2.75) is 38.6 Å². The SMILES string of the molecule is O=C(c1ccccc1CN1CCCCC1)N1CC[C@H](Cc2cccc3cccnc23)C1. The number of benzene rings is 2. The van der Waals surface area contributed by atoms with Gasteiger partial charge in [-0.05, 0) is 68.0 Å². The van der Waals surface area contributed by atoms with Crippen LogP contribution in [0.2, 0.25) is 0 Å². The van der Waals surface area contributed by atoms with Crippen LogP contribution < -0.4 is 0 Å². The molecule has 0 aliphatic carbocycles. The zero-order valence-electron chi connectivity index (χ0n) is 18.2. The van der Waals surface area contributed by atoms with Gasteiger partial charge in [0.15, 0.2) is 0 Å². The molecule has 0 radical (unpaired) electrons. The Labute approximate surface area is 184 Å². The van der Waals surface area contributed by atoms with E-state index >= 15 is 0 Å². The second-order valence-electron chi connectivity index (χ2n) is 9.10. The summed E-state index contributed by atoms with van der Waals surface area (Å²) >= 11 is 0. The summed E-state index contributed by atoms with van der Waals surface area (Å²) in [5.41, 5.74) is 4.46. The fraction of sp³-hybridized carbons (Fsp3) is 0.407. The third-order valence-corrected chi connectivity index (χ3v) is 6.89. The van der Waals surface area contributed by atoms with Gasteiger partial charge in [0, 0.05) is 36.8 Å². The van der Waals surface area contributed by atoms with Crippen molar-refractivity contribution in [1.29, 1.82) is 0 Å². The van der Waals surface area contributed by atoms with Crippen LogP contribution in [0.25, 0.3) is 10.9 Å². The molecule has 4 nitrogen and oxygen atoms in total. The van der Waals surface area contributed by atoms with E-state index in [1.807, 2.05) is 24.4 Å². The molecule has 4 heteroatoms. The summed E-state index contributed by atoms with van der Waals surface area (Å²) in [6.45, 7) is 4.86. The number of piperidine rings is 1. The Balaban J connectivity index is 1.27. The van der Waals surface area contributed by atoms with Crippen LogP contribution in [0.5, 0.6) is 0 Å². The number of aromatic nitrogens is 1. The minimum atomic E-state index is 0.200. The maximum Gasteiger partial charge on any atom is 0.254 e. The van der Waals surface area contributed by atoms with E-state index in [0.29, 0.717) is 5.92 Å². The molecule has 2 saturated heterocycles. The van der Waals surface area contributed by atoms with Crippen LogP contribution in [0.4, 0.5) is 0 Å². The lowest BCUT2D eigenvalue weighted by atomic mass is 9.96. The van der Waals surface area contributed by atoms with Crippen molar-refractivity contribution in [3.63, 3.8) is 0 Å². The molecule has 5 rings (SSSR count). The molecule has 1 amide bonds. The van der Waals surface area contributed by atoms with Gasteiger partial charge in [0.2, 0.25) is 0 Å². The van der Waals surface area contributed by atoms with Crippen LogP contribution in [0.1, 0.15) is 47.2 Å². The van der Waals surface area contributed by atoms with Gasteiger partial charge in [-0.25, -0.2) is 0 Å². The lowest BCUT2D eigenvalue weighted by molar-refractivity contribution is 0.0784. The minimum Gasteiger partial charge on any atom is -0.338 e. The Hall–Kier alpha value is -2.72. The number of amides is 1. The molecule has 160 valence electrons. The maximum absolute atomic E-state index is 13.4. The standard InChI is InChI=1S/C27H31N3O/c31-27(25-12-3-2-8-24(25)20-29-15-4-1-5-16-29)30-17-13-21(19-30)18-23-10-6-9-22-11-7-14-28-26(22)23/h2-3,6-12,14,21H,1,4-5,13,15-20H2/t21-/m1/s1. The number of likely N-dealkylation sites (tertiary alicyclic amines) is 2. The van der Waals surface area contributed by atoms with Crippen LogP contribution in [0.3, 0.4) is 0 Å². The van der Waals surface area contributed by atoms with E-state index in [-0.39, 0.29) is 5.91 Å². The predicted octanol–water partition coefficient (Wildman–Crippen LogP) is 4.93. The van der Waals surface area contributed by atoms with Crippen LogP contribution >= 0.6 is 0 Å². The Morgan fingerprint density at radius 3 is 2.61 bits per heavy atom. The Morgan fingerprint density at radius 1 is 0.903 bits per heavy atom. The molecule has 0 saturated carbocycles. The Morgan fingerprint density at radius 2 is 1.71 bits per heavy atom. The summed E-state index contributed by atoms with van der Waals surface area (Å²) < 4.78 is 0. The fourth-order valence-electron chi connectivity index (χ4n) is 5.22. The van der Waals surface area contributed by atoms with Crippen molar-refractivity contribution >= 4 is 16.8 Å². The molecule has 0 bridgehead atoms. The quantitative estimate of drug-likeness (QED) is 0.595. The highest BCUT2D eigenvalue weighted by molar-refractivity contribution is 5.96. The third-order valence-electron chi connectivity index (χ3n) is 6.89. The van der Waals surface area contributed by atoms with Gasteiger partial charge >= 0.3 is 0 Å². The summed E-state index contributed by atoms with van der Waals surface area (Å²) in [6, 6.07) is 18.8. The highest BCUT2D eigenvalue weighted by Crippen LogP contribution is 2.27. The number of carbonyl (C=O) groups is 1. The first-order chi connectivity index (χ1) is 15.3. The molecule has 0 unspecified atom stereocenters. The number of pyridine rings is 1. The molecule has 2 fully saturated rings. The highest BCUT2D eigenvalue weighted by Gasteiger charge is 2.28. The maximum atomic E-state index is 13.4. The van der Waals surface area contributed by atoms with E-state index in [1.54, 1.807) is 0 Å². The molecular weight excluding hydrogens is 382 g/mol. The first-order valence-corrected chi connectivity index (χ1v) is 11.7. The fourth-order valence-corrected chi connectivity index (χ4v) is 5.22. The van der Waals surface area contributed by atoms with Crippen molar-refractivity contribution < 1.29 is 4.79 Å². The predicted molar refractivity (Wildman–Crippen MR) is 125 cm³/mol. The normalized spacial score (nSPS) is 19.7. The molecule has 3 aromatic rings. The van der Waals surface area contributed by atoms with Gasteiger partial charge in [-0.2, -0.15) is 0 Å².